The number of hydrogen-bond acceptors (Lipinski definition) is 4. The van der Waals surface area contributed by atoms with Gasteiger partial charge < -0.3 is 10.1 Å². The van der Waals surface area contributed by atoms with Crippen LogP contribution >= 0.6 is 11.6 Å². The molecule has 1 aromatic heterocycles. The summed E-state index contributed by atoms with van der Waals surface area (Å²) < 4.78 is 6.27. The summed E-state index contributed by atoms with van der Waals surface area (Å²) in [7, 11) is 1.65. The lowest BCUT2D eigenvalue weighted by Crippen LogP contribution is -2.33. The summed E-state index contributed by atoms with van der Waals surface area (Å²) in [6, 6.07) is 0. The largest absolute Gasteiger partial charge is 0.385 e. The monoisotopic (exact) mass is 261 g/mol. The molecule has 0 bridgehead atoms. The Labute approximate surface area is 104 Å². The van der Waals surface area contributed by atoms with Crippen LogP contribution in [0.3, 0.4) is 0 Å². The van der Waals surface area contributed by atoms with Gasteiger partial charge in [-0.2, -0.15) is 0 Å². The molecule has 0 aliphatic rings. The van der Waals surface area contributed by atoms with E-state index >= 15 is 0 Å². The smallest absolute Gasteiger partial charge is 0.328 e. The third kappa shape index (κ3) is 4.72. The molecule has 0 aliphatic carbocycles. The van der Waals surface area contributed by atoms with E-state index in [1.54, 1.807) is 7.11 Å². The summed E-state index contributed by atoms with van der Waals surface area (Å²) in [4.78, 5) is 24.5. The molecule has 96 valence electrons. The van der Waals surface area contributed by atoms with Crippen molar-refractivity contribution in [2.45, 2.75) is 13.0 Å². The van der Waals surface area contributed by atoms with Gasteiger partial charge in [0.25, 0.3) is 5.56 Å². The Bertz CT molecular complexity index is 455. The van der Waals surface area contributed by atoms with Gasteiger partial charge >= 0.3 is 5.69 Å². The minimum atomic E-state index is -0.555. The molecule has 0 unspecified atom stereocenters. The molecule has 0 amide bonds. The summed E-state index contributed by atoms with van der Waals surface area (Å²) in [6.45, 7) is 2.62. The predicted molar refractivity (Wildman–Crippen MR) is 65.7 cm³/mol. The molecule has 0 radical (unpaired) electrons. The van der Waals surface area contributed by atoms with Crippen LogP contribution in [0.5, 0.6) is 0 Å². The van der Waals surface area contributed by atoms with Crippen LogP contribution in [0.15, 0.2) is 15.8 Å². The summed E-state index contributed by atoms with van der Waals surface area (Å²) >= 11 is 5.63. The van der Waals surface area contributed by atoms with E-state index in [4.69, 9.17) is 16.3 Å². The fourth-order valence-corrected chi connectivity index (χ4v) is 1.48. The van der Waals surface area contributed by atoms with E-state index < -0.39 is 11.2 Å². The third-order valence-electron chi connectivity index (χ3n) is 2.20. The van der Waals surface area contributed by atoms with Gasteiger partial charge in [-0.1, -0.05) is 11.6 Å². The van der Waals surface area contributed by atoms with Crippen molar-refractivity contribution in [2.75, 3.05) is 26.8 Å². The van der Waals surface area contributed by atoms with Crippen molar-refractivity contribution in [1.29, 1.82) is 0 Å². The number of hydrogen-bond donors (Lipinski definition) is 2. The normalized spacial score (nSPS) is 10.7. The van der Waals surface area contributed by atoms with Crippen molar-refractivity contribution in [3.05, 3.63) is 32.1 Å². The SMILES string of the molecule is COCCCNCCn1cc(Cl)c(=O)[nH]c1=O. The van der Waals surface area contributed by atoms with Gasteiger partial charge in [0.2, 0.25) is 0 Å². The van der Waals surface area contributed by atoms with Crippen LogP contribution in [0.1, 0.15) is 6.42 Å². The second-order valence-corrected chi connectivity index (χ2v) is 3.93. The Balaban J connectivity index is 2.39. The average molecular weight is 262 g/mol. The fraction of sp³-hybridized carbons (Fsp3) is 0.600. The van der Waals surface area contributed by atoms with Crippen LogP contribution in [-0.4, -0.2) is 36.4 Å². The number of methoxy groups -OCH3 is 1. The van der Waals surface area contributed by atoms with Gasteiger partial charge in [-0.15, -0.1) is 0 Å². The number of nitrogens with zero attached hydrogens (tertiary/aromatic N) is 1. The highest BCUT2D eigenvalue weighted by Crippen LogP contribution is 1.94. The summed E-state index contributed by atoms with van der Waals surface area (Å²) in [5.74, 6) is 0. The number of ether oxygens (including phenoxy) is 1. The molecule has 0 aromatic carbocycles. The summed E-state index contributed by atoms with van der Waals surface area (Å²) in [5, 5.41) is 3.17. The summed E-state index contributed by atoms with van der Waals surface area (Å²) in [6.07, 6.45) is 2.26. The van der Waals surface area contributed by atoms with Gasteiger partial charge in [0.05, 0.1) is 0 Å². The van der Waals surface area contributed by atoms with Crippen LogP contribution < -0.4 is 16.6 Å². The number of halogens is 1. The van der Waals surface area contributed by atoms with Gasteiger partial charge in [-0.3, -0.25) is 14.3 Å². The lowest BCUT2D eigenvalue weighted by molar-refractivity contribution is 0.194. The minimum Gasteiger partial charge on any atom is -0.385 e. The van der Waals surface area contributed by atoms with Crippen molar-refractivity contribution in [1.82, 2.24) is 14.9 Å². The van der Waals surface area contributed by atoms with E-state index in [1.807, 2.05) is 0 Å². The second-order valence-electron chi connectivity index (χ2n) is 3.53. The molecular weight excluding hydrogens is 246 g/mol. The van der Waals surface area contributed by atoms with E-state index in [2.05, 4.69) is 10.3 Å². The topological polar surface area (TPSA) is 76.1 Å². The standard InChI is InChI=1S/C10H16ClN3O3/c1-17-6-2-3-12-4-5-14-7-8(11)9(15)13-10(14)16/h7,12H,2-6H2,1H3,(H,13,15,16). The maximum atomic E-state index is 11.4. The number of nitrogens with one attached hydrogen (secondary N) is 2. The lowest BCUT2D eigenvalue weighted by Gasteiger charge is -2.06. The van der Waals surface area contributed by atoms with Crippen molar-refractivity contribution in [3.8, 4) is 0 Å². The predicted octanol–water partition coefficient (Wildman–Crippen LogP) is -0.184. The van der Waals surface area contributed by atoms with Gasteiger partial charge in [0.1, 0.15) is 5.02 Å². The first-order valence-corrected chi connectivity index (χ1v) is 5.72. The molecule has 0 saturated heterocycles. The van der Waals surface area contributed by atoms with Crippen LogP contribution in [-0.2, 0) is 11.3 Å². The van der Waals surface area contributed by atoms with E-state index in [9.17, 15) is 9.59 Å². The molecule has 0 fully saturated rings. The van der Waals surface area contributed by atoms with Crippen LogP contribution in [0, 0.1) is 0 Å². The first kappa shape index (κ1) is 14.0. The first-order valence-electron chi connectivity index (χ1n) is 5.34. The molecule has 0 atom stereocenters. The highest BCUT2D eigenvalue weighted by molar-refractivity contribution is 6.30. The minimum absolute atomic E-state index is 0.0176. The Morgan fingerprint density at radius 3 is 2.94 bits per heavy atom. The van der Waals surface area contributed by atoms with Gasteiger partial charge in [0, 0.05) is 33.0 Å². The zero-order valence-electron chi connectivity index (χ0n) is 9.66. The Morgan fingerprint density at radius 1 is 1.47 bits per heavy atom. The second kappa shape index (κ2) is 7.26. The molecule has 1 rings (SSSR count). The van der Waals surface area contributed by atoms with E-state index in [1.165, 1.54) is 10.8 Å². The van der Waals surface area contributed by atoms with E-state index in [-0.39, 0.29) is 5.02 Å². The van der Waals surface area contributed by atoms with Crippen LogP contribution in [0.2, 0.25) is 5.02 Å². The molecule has 1 heterocycles. The molecule has 6 nitrogen and oxygen atoms in total. The Morgan fingerprint density at radius 2 is 2.24 bits per heavy atom. The molecule has 17 heavy (non-hydrogen) atoms. The third-order valence-corrected chi connectivity index (χ3v) is 2.47. The maximum absolute atomic E-state index is 11.4. The quantitative estimate of drug-likeness (QED) is 0.668. The number of aromatic nitrogens is 2. The van der Waals surface area contributed by atoms with Gasteiger partial charge in [-0.25, -0.2) is 4.79 Å². The molecule has 0 spiro atoms. The molecule has 7 heteroatoms. The molecule has 0 aliphatic heterocycles. The van der Waals surface area contributed by atoms with Crippen LogP contribution in [0.4, 0.5) is 0 Å². The average Bonchev–Trinajstić information content (AvgIpc) is 2.30. The van der Waals surface area contributed by atoms with E-state index in [0.717, 1.165) is 13.0 Å². The van der Waals surface area contributed by atoms with Crippen LogP contribution in [0.25, 0.3) is 0 Å². The van der Waals surface area contributed by atoms with Gasteiger partial charge in [0.15, 0.2) is 0 Å². The molecule has 0 saturated carbocycles. The maximum Gasteiger partial charge on any atom is 0.328 e. The van der Waals surface area contributed by atoms with Crippen molar-refractivity contribution >= 4 is 11.6 Å². The summed E-state index contributed by atoms with van der Waals surface area (Å²) in [5.41, 5.74) is -1.00. The Hall–Kier alpha value is -1.11. The molecule has 2 N–H and O–H groups in total. The number of H-pyrrole nitrogens is 1. The van der Waals surface area contributed by atoms with Crippen molar-refractivity contribution < 1.29 is 4.74 Å². The Kier molecular flexibility index (Phi) is 5.96. The zero-order chi connectivity index (χ0) is 12.7. The zero-order valence-corrected chi connectivity index (χ0v) is 10.4. The lowest BCUT2D eigenvalue weighted by atomic mass is 10.4. The highest BCUT2D eigenvalue weighted by atomic mass is 35.5. The van der Waals surface area contributed by atoms with Crippen molar-refractivity contribution in [3.63, 3.8) is 0 Å². The first-order chi connectivity index (χ1) is 8.15. The molecular formula is C10H16ClN3O3. The number of aromatic amines is 1. The number of rotatable bonds is 7. The highest BCUT2D eigenvalue weighted by Gasteiger charge is 2.01. The fourth-order valence-electron chi connectivity index (χ4n) is 1.31. The molecule has 1 aromatic rings. The van der Waals surface area contributed by atoms with Crippen molar-refractivity contribution in [2.24, 2.45) is 0 Å². The van der Waals surface area contributed by atoms with E-state index in [0.29, 0.717) is 19.7 Å². The van der Waals surface area contributed by atoms with Gasteiger partial charge in [-0.05, 0) is 13.0 Å².